The van der Waals surface area contributed by atoms with Gasteiger partial charge in [-0.15, -0.1) is 0 Å². The van der Waals surface area contributed by atoms with Gasteiger partial charge in [0.15, 0.2) is 0 Å². The predicted octanol–water partition coefficient (Wildman–Crippen LogP) is 1.88. The van der Waals surface area contributed by atoms with Crippen molar-refractivity contribution in [2.45, 2.75) is 22.9 Å². The van der Waals surface area contributed by atoms with E-state index in [-0.39, 0.29) is 12.0 Å². The summed E-state index contributed by atoms with van der Waals surface area (Å²) in [6.07, 6.45) is -0.302. The van der Waals surface area contributed by atoms with Gasteiger partial charge in [-0.2, -0.15) is 0 Å². The molecule has 10 nitrogen and oxygen atoms in total. The highest BCUT2D eigenvalue weighted by atomic mass is 31.2. The number of hydrogen-bond acceptors (Lipinski definition) is 6. The first-order valence-corrected chi connectivity index (χ1v) is 12.0. The predicted molar refractivity (Wildman–Crippen MR) is 107 cm³/mol. The molecule has 3 rings (SSSR count). The van der Waals surface area contributed by atoms with Crippen molar-refractivity contribution in [3.8, 4) is 0 Å². The average Bonchev–Trinajstić information content (AvgIpc) is 3.00. The Morgan fingerprint density at radius 1 is 0.800 bits per heavy atom. The Bertz CT molecular complexity index is 1000. The van der Waals surface area contributed by atoms with E-state index in [1.807, 2.05) is 0 Å². The van der Waals surface area contributed by atoms with E-state index in [2.05, 4.69) is 0 Å². The van der Waals surface area contributed by atoms with E-state index in [0.29, 0.717) is 16.3 Å². The van der Waals surface area contributed by atoms with Crippen molar-refractivity contribution in [2.75, 3.05) is 28.4 Å². The molecule has 12 heteroatoms. The van der Waals surface area contributed by atoms with Gasteiger partial charge in [0.05, 0.1) is 0 Å². The molecule has 0 unspecified atom stereocenters. The minimum absolute atomic E-state index is 0.162. The summed E-state index contributed by atoms with van der Waals surface area (Å²) in [7, 11) is -6.84. The van der Waals surface area contributed by atoms with E-state index in [4.69, 9.17) is 18.9 Å². The minimum Gasteiger partial charge on any atom is -0.343 e. The second-order valence-corrected chi connectivity index (χ2v) is 10.3. The van der Waals surface area contributed by atoms with Crippen molar-refractivity contribution >= 4 is 26.0 Å². The Morgan fingerprint density at radius 3 is 1.63 bits per heavy atom. The molecule has 0 aromatic heterocycles. The number of hydrogen-bond donors (Lipinski definition) is 4. The molecule has 0 heterocycles. The molecule has 0 spiro atoms. The topological polar surface area (TPSA) is 152 Å². The Hall–Kier alpha value is -1.16. The minimum atomic E-state index is -5.40. The van der Waals surface area contributed by atoms with Crippen LogP contribution in [0.5, 0.6) is 0 Å². The normalized spacial score (nSPS) is 16.9. The van der Waals surface area contributed by atoms with Gasteiger partial charge < -0.3 is 38.5 Å². The third-order valence-corrected chi connectivity index (χ3v) is 8.89. The summed E-state index contributed by atoms with van der Waals surface area (Å²) in [6.45, 7) is 0. The fourth-order valence-electron chi connectivity index (χ4n) is 4.90. The fourth-order valence-corrected chi connectivity index (χ4v) is 7.63. The second-order valence-electron chi connectivity index (χ2n) is 6.97. The molecule has 1 aliphatic rings. The monoisotopic (exact) mass is 462 g/mol. The molecule has 2 aromatic carbocycles. The van der Waals surface area contributed by atoms with Crippen LogP contribution in [0.4, 0.5) is 0 Å². The van der Waals surface area contributed by atoms with Crippen molar-refractivity contribution < 1.29 is 47.7 Å². The molecule has 0 saturated heterocycles. The van der Waals surface area contributed by atoms with Gasteiger partial charge in [-0.25, -0.2) is 0 Å². The molecule has 166 valence electrons. The summed E-state index contributed by atoms with van der Waals surface area (Å²) in [5.41, 5.74) is -7.29. The van der Waals surface area contributed by atoms with Crippen LogP contribution < -0.4 is 0 Å². The van der Waals surface area contributed by atoms with Crippen molar-refractivity contribution in [1.29, 1.82) is 0 Å². The van der Waals surface area contributed by atoms with Crippen LogP contribution in [0.2, 0.25) is 0 Å². The maximum atomic E-state index is 12.9. The highest BCUT2D eigenvalue weighted by Crippen LogP contribution is 2.74. The first-order chi connectivity index (χ1) is 13.9. The van der Waals surface area contributed by atoms with Crippen LogP contribution >= 0.6 is 15.2 Å². The summed E-state index contributed by atoms with van der Waals surface area (Å²) in [5.74, 6) is 0. The molecule has 4 N–H and O–H groups in total. The summed E-state index contributed by atoms with van der Waals surface area (Å²) in [4.78, 5) is 41.6. The highest BCUT2D eigenvalue weighted by Gasteiger charge is 2.80. The quantitative estimate of drug-likeness (QED) is 0.338. The Morgan fingerprint density at radius 2 is 1.23 bits per heavy atom. The molecule has 0 saturated carbocycles. The van der Waals surface area contributed by atoms with Crippen LogP contribution in [-0.4, -0.2) is 59.1 Å². The van der Waals surface area contributed by atoms with Crippen LogP contribution in [0, 0.1) is 0 Å². The maximum Gasteiger partial charge on any atom is 0.385 e. The van der Waals surface area contributed by atoms with E-state index >= 15 is 0 Å². The van der Waals surface area contributed by atoms with Gasteiger partial charge in [0.25, 0.3) is 11.1 Å². The molecule has 0 fully saturated rings. The van der Waals surface area contributed by atoms with Gasteiger partial charge in [0.2, 0.25) is 0 Å². The number of ether oxygens (including phenoxy) is 4. The lowest BCUT2D eigenvalue weighted by Gasteiger charge is -2.54. The zero-order chi connectivity index (χ0) is 22.6. The van der Waals surface area contributed by atoms with Gasteiger partial charge in [-0.3, -0.25) is 9.13 Å². The Kier molecular flexibility index (Phi) is 5.85. The lowest BCUT2D eigenvalue weighted by molar-refractivity contribution is -0.291. The molecule has 0 aliphatic heterocycles. The summed E-state index contributed by atoms with van der Waals surface area (Å²) >= 11 is 0. The Labute approximate surface area is 173 Å². The highest BCUT2D eigenvalue weighted by molar-refractivity contribution is 7.54. The largest absolute Gasteiger partial charge is 0.385 e. The fraction of sp³-hybridized carbons (Fsp3) is 0.444. The van der Waals surface area contributed by atoms with E-state index in [1.54, 1.807) is 30.3 Å². The summed E-state index contributed by atoms with van der Waals surface area (Å²) in [5, 5.41) is 1.25. The molecular weight excluding hydrogens is 438 g/mol. The van der Waals surface area contributed by atoms with Crippen LogP contribution in [-0.2, 0) is 39.9 Å². The van der Waals surface area contributed by atoms with Crippen LogP contribution in [0.15, 0.2) is 36.4 Å². The smallest absolute Gasteiger partial charge is 0.343 e. The van der Waals surface area contributed by atoms with Crippen LogP contribution in [0.3, 0.4) is 0 Å². The van der Waals surface area contributed by atoms with Gasteiger partial charge in [-0.05, 0) is 28.3 Å². The molecule has 30 heavy (non-hydrogen) atoms. The first-order valence-electron chi connectivity index (χ1n) is 8.76. The third kappa shape index (κ3) is 2.68. The van der Waals surface area contributed by atoms with Crippen LogP contribution in [0.25, 0.3) is 10.8 Å². The molecule has 0 bridgehead atoms. The lowest BCUT2D eigenvalue weighted by atomic mass is 9.77. The molecule has 0 radical (unpaired) electrons. The molecular formula is C18H24O10P2. The van der Waals surface area contributed by atoms with Gasteiger partial charge in [0.1, 0.15) is 5.41 Å². The average molecular weight is 462 g/mol. The zero-order valence-corrected chi connectivity index (χ0v) is 18.6. The number of rotatable bonds is 8. The number of benzene rings is 2. The van der Waals surface area contributed by atoms with Gasteiger partial charge in [-0.1, -0.05) is 36.4 Å². The standard InChI is InChI=1S/C18H24O10P2/c1-25-17(26-2,29(19,20)21)16(18(27-3,28-4)30(22,23)24)11-13-9-5-7-12-8-6-10-14(16)15(12)13/h5-10H,11H2,1-4H3,(H2,19,20,21)(H2,22,23,24). The maximum absolute atomic E-state index is 12.9. The van der Waals surface area contributed by atoms with Crippen molar-refractivity contribution in [3.63, 3.8) is 0 Å². The first kappa shape index (κ1) is 23.5. The molecule has 1 aliphatic carbocycles. The van der Waals surface area contributed by atoms with Crippen molar-refractivity contribution in [3.05, 3.63) is 47.5 Å². The SMILES string of the molecule is COC(OC)(C1(C(OC)(OC)P(=O)(O)O)Cc2cccc3cccc1c23)P(=O)(O)O. The summed E-state index contributed by atoms with van der Waals surface area (Å²) in [6, 6.07) is 10.1. The van der Waals surface area contributed by atoms with Crippen LogP contribution in [0.1, 0.15) is 11.1 Å². The van der Waals surface area contributed by atoms with E-state index in [1.165, 1.54) is 6.07 Å². The van der Waals surface area contributed by atoms with E-state index in [0.717, 1.165) is 28.4 Å². The lowest BCUT2D eigenvalue weighted by Crippen LogP contribution is -2.67. The molecule has 2 aromatic rings. The summed E-state index contributed by atoms with van der Waals surface area (Å²) < 4.78 is 47.0. The van der Waals surface area contributed by atoms with Crippen molar-refractivity contribution in [2.24, 2.45) is 0 Å². The molecule has 0 atom stereocenters. The van der Waals surface area contributed by atoms with E-state index < -0.39 is 31.7 Å². The van der Waals surface area contributed by atoms with Gasteiger partial charge >= 0.3 is 15.2 Å². The van der Waals surface area contributed by atoms with Crippen molar-refractivity contribution in [1.82, 2.24) is 0 Å². The number of methoxy groups -OCH3 is 4. The second kappa shape index (κ2) is 7.46. The molecule has 0 amide bonds. The zero-order valence-electron chi connectivity index (χ0n) is 16.8. The third-order valence-electron chi connectivity index (χ3n) is 5.86. The van der Waals surface area contributed by atoms with Gasteiger partial charge in [0, 0.05) is 28.4 Å². The van der Waals surface area contributed by atoms with E-state index in [9.17, 15) is 28.7 Å². The Balaban J connectivity index is 2.63.